The maximum Gasteiger partial charge on any atom is 0.229 e. The number of anilines is 2. The minimum Gasteiger partial charge on any atom is -0.368 e. The molecule has 4 heterocycles. The van der Waals surface area contributed by atoms with Crippen LogP contribution in [0.15, 0.2) is 94.0 Å². The summed E-state index contributed by atoms with van der Waals surface area (Å²) >= 11 is 6.55. The molecule has 2 N–H and O–H groups in total. The van der Waals surface area contributed by atoms with Gasteiger partial charge in [0.05, 0.1) is 23.3 Å². The molecule has 0 radical (unpaired) electrons. The maximum absolute atomic E-state index is 13.0. The Kier molecular flexibility index (Phi) is 12.4. The van der Waals surface area contributed by atoms with Crippen LogP contribution in [0.25, 0.3) is 11.1 Å². The number of carbonyl (C=O) groups excluding carboxylic acids is 1. The van der Waals surface area contributed by atoms with Crippen LogP contribution in [0.5, 0.6) is 0 Å². The third-order valence-electron chi connectivity index (χ3n) is 8.41. The van der Waals surface area contributed by atoms with Crippen LogP contribution in [0.4, 0.5) is 11.4 Å². The number of aliphatic imine (C=N–C) groups is 1. The van der Waals surface area contributed by atoms with Crippen LogP contribution < -0.4 is 15.5 Å². The van der Waals surface area contributed by atoms with Crippen LogP contribution in [0.1, 0.15) is 44.1 Å². The van der Waals surface area contributed by atoms with Crippen molar-refractivity contribution in [3.63, 3.8) is 0 Å². The summed E-state index contributed by atoms with van der Waals surface area (Å²) in [4.78, 5) is 24.2. The van der Waals surface area contributed by atoms with E-state index >= 15 is 0 Å². The smallest absolute Gasteiger partial charge is 0.229 e. The van der Waals surface area contributed by atoms with Crippen molar-refractivity contribution >= 4 is 70.3 Å². The van der Waals surface area contributed by atoms with Crippen molar-refractivity contribution in [1.29, 1.82) is 0 Å². The normalized spacial score (nSPS) is 18.8. The number of thioether (sulfide) groups is 1. The van der Waals surface area contributed by atoms with E-state index in [-0.39, 0.29) is 5.91 Å². The number of pyridine rings is 1. The molecule has 9 nitrogen and oxygen atoms in total. The molecule has 3 atom stereocenters. The molecule has 0 spiro atoms. The van der Waals surface area contributed by atoms with E-state index in [1.54, 1.807) is 30.2 Å². The van der Waals surface area contributed by atoms with Crippen LogP contribution in [0.3, 0.4) is 0 Å². The molecule has 3 unspecified atom stereocenters. The summed E-state index contributed by atoms with van der Waals surface area (Å²) in [6.07, 6.45) is 12.0. The second-order valence-electron chi connectivity index (χ2n) is 12.1. The molecule has 254 valence electrons. The van der Waals surface area contributed by atoms with Crippen molar-refractivity contribution < 1.29 is 9.00 Å². The standard InChI is InChI=1S/C36H45N7O2S3/c1-6-9-27(38-33(44)24-29-13-11-26(3)47-29)22-25(2)35-34(30-10-7-8-15-43(30)40-35)36(37-4)39-28-12-14-32(46)31(23-28)42-18-16-41(17-19-42)20-21-48(5)45/h6-10,12-15,22-23,26,36,39,46H,1,4,11,16-21,24H2,2-3,5H3,(H,38,44)/b25-22+,27-9+. The second kappa shape index (κ2) is 16.7. The molecule has 1 aromatic carbocycles. The van der Waals surface area contributed by atoms with E-state index in [0.717, 1.165) is 82.7 Å². The Morgan fingerprint density at radius 3 is 2.73 bits per heavy atom. The summed E-state index contributed by atoms with van der Waals surface area (Å²) in [5.74, 6) is 0.634. The van der Waals surface area contributed by atoms with Gasteiger partial charge in [0, 0.05) is 88.8 Å². The average Bonchev–Trinajstić information content (AvgIpc) is 3.66. The zero-order chi connectivity index (χ0) is 34.2. The van der Waals surface area contributed by atoms with E-state index < -0.39 is 17.0 Å². The fraction of sp³-hybridized carbons (Fsp3) is 0.361. The van der Waals surface area contributed by atoms with Crippen molar-refractivity contribution in [3.05, 3.63) is 95.3 Å². The van der Waals surface area contributed by atoms with Crippen molar-refractivity contribution in [3.8, 4) is 0 Å². The molecule has 2 aliphatic heterocycles. The monoisotopic (exact) mass is 703 g/mol. The number of nitrogens with zero attached hydrogens (tertiary/aromatic N) is 5. The number of rotatable bonds is 14. The minimum absolute atomic E-state index is 0.0650. The number of thiol groups is 1. The lowest BCUT2D eigenvalue weighted by atomic mass is 10.0. The van der Waals surface area contributed by atoms with Crippen molar-refractivity contribution in [2.24, 2.45) is 4.99 Å². The molecule has 1 fully saturated rings. The molecule has 0 aliphatic carbocycles. The lowest BCUT2D eigenvalue weighted by Crippen LogP contribution is -2.47. The Bertz CT molecular complexity index is 1770. The second-order valence-corrected chi connectivity index (χ2v) is 15.7. The highest BCUT2D eigenvalue weighted by Crippen LogP contribution is 2.35. The lowest BCUT2D eigenvalue weighted by molar-refractivity contribution is -0.119. The van der Waals surface area contributed by atoms with E-state index in [0.29, 0.717) is 23.1 Å². The fourth-order valence-corrected chi connectivity index (χ4v) is 7.88. The molecule has 12 heteroatoms. The summed E-state index contributed by atoms with van der Waals surface area (Å²) in [7, 11) is -0.786. The summed E-state index contributed by atoms with van der Waals surface area (Å²) in [6, 6.07) is 12.1. The number of fused-ring (bicyclic) bond motifs is 1. The SMILES string of the molecule is C=C/C=C(\C=C(/C)c1nn2ccccc2c1C(N=C)Nc1ccc(S)c(N2CCN(CCS(C)=O)CC2)c1)NC(=O)CC1=CCC(C)S1. The highest BCUT2D eigenvalue weighted by molar-refractivity contribution is 8.03. The van der Waals surface area contributed by atoms with Gasteiger partial charge in [-0.05, 0) is 73.0 Å². The van der Waals surface area contributed by atoms with E-state index in [1.807, 2.05) is 54.0 Å². The molecule has 48 heavy (non-hydrogen) atoms. The quantitative estimate of drug-likeness (QED) is 0.103. The summed E-state index contributed by atoms with van der Waals surface area (Å²) in [5.41, 5.74) is 5.96. The molecule has 2 aromatic heterocycles. The summed E-state index contributed by atoms with van der Waals surface area (Å²) < 4.78 is 13.4. The summed E-state index contributed by atoms with van der Waals surface area (Å²) in [6.45, 7) is 16.4. The average molecular weight is 704 g/mol. The number of hydrogen-bond acceptors (Lipinski definition) is 9. The first-order chi connectivity index (χ1) is 23.1. The van der Waals surface area contributed by atoms with Crippen LogP contribution >= 0.6 is 24.4 Å². The third-order valence-corrected chi connectivity index (χ3v) is 10.8. The number of benzene rings is 1. The van der Waals surface area contributed by atoms with Gasteiger partial charge in [0.25, 0.3) is 0 Å². The van der Waals surface area contributed by atoms with Gasteiger partial charge in [0.1, 0.15) is 6.17 Å². The first-order valence-corrected chi connectivity index (χ1v) is 19.2. The van der Waals surface area contributed by atoms with Crippen LogP contribution in [-0.4, -0.2) is 81.3 Å². The fourth-order valence-electron chi connectivity index (χ4n) is 5.97. The molecule has 5 rings (SSSR count). The Morgan fingerprint density at radius 1 is 1.25 bits per heavy atom. The van der Waals surface area contributed by atoms with Gasteiger partial charge in [-0.1, -0.05) is 31.7 Å². The van der Waals surface area contributed by atoms with E-state index in [2.05, 4.69) is 57.8 Å². The molecule has 1 amide bonds. The van der Waals surface area contributed by atoms with E-state index in [9.17, 15) is 9.00 Å². The lowest BCUT2D eigenvalue weighted by Gasteiger charge is -2.36. The Hall–Kier alpha value is -3.58. The van der Waals surface area contributed by atoms with Crippen LogP contribution in [0.2, 0.25) is 0 Å². The Morgan fingerprint density at radius 2 is 2.04 bits per heavy atom. The molecule has 0 saturated carbocycles. The van der Waals surface area contributed by atoms with Crippen molar-refractivity contribution in [2.45, 2.75) is 43.0 Å². The zero-order valence-corrected chi connectivity index (χ0v) is 30.4. The molecule has 0 bridgehead atoms. The Balaban J connectivity index is 1.38. The number of allylic oxidation sites excluding steroid dienone is 5. The topological polar surface area (TPSA) is 94.3 Å². The highest BCUT2D eigenvalue weighted by Gasteiger charge is 2.24. The van der Waals surface area contributed by atoms with Gasteiger partial charge in [-0.15, -0.1) is 24.4 Å². The van der Waals surface area contributed by atoms with Gasteiger partial charge in [0.15, 0.2) is 0 Å². The van der Waals surface area contributed by atoms with Gasteiger partial charge in [-0.3, -0.25) is 18.9 Å². The molecular weight excluding hydrogens is 659 g/mol. The Labute approximate surface area is 296 Å². The predicted octanol–water partition coefficient (Wildman–Crippen LogP) is 6.32. The van der Waals surface area contributed by atoms with Gasteiger partial charge in [-0.25, -0.2) is 4.52 Å². The van der Waals surface area contributed by atoms with Crippen molar-refractivity contribution in [2.75, 3.05) is 54.9 Å². The molecule has 3 aromatic rings. The van der Waals surface area contributed by atoms with Gasteiger partial charge in [-0.2, -0.15) is 5.10 Å². The number of carbonyl (C=O) groups is 1. The maximum atomic E-state index is 13.0. The van der Waals surface area contributed by atoms with E-state index in [1.165, 1.54) is 0 Å². The first-order valence-electron chi connectivity index (χ1n) is 16.1. The van der Waals surface area contributed by atoms with Gasteiger partial charge >= 0.3 is 0 Å². The van der Waals surface area contributed by atoms with Gasteiger partial charge < -0.3 is 15.5 Å². The molecule has 2 aliphatic rings. The third kappa shape index (κ3) is 9.10. The number of piperazine rings is 1. The predicted molar refractivity (Wildman–Crippen MR) is 207 cm³/mol. The largest absolute Gasteiger partial charge is 0.368 e. The minimum atomic E-state index is -0.786. The number of hydrogen-bond donors (Lipinski definition) is 3. The zero-order valence-electron chi connectivity index (χ0n) is 27.9. The van der Waals surface area contributed by atoms with Crippen LogP contribution in [0, 0.1) is 0 Å². The molecule has 1 saturated heterocycles. The summed E-state index contributed by atoms with van der Waals surface area (Å²) in [5, 5.41) is 12.1. The van der Waals surface area contributed by atoms with Crippen LogP contribution in [-0.2, 0) is 15.6 Å². The number of nitrogens with one attached hydrogen (secondary N) is 2. The highest BCUT2D eigenvalue weighted by atomic mass is 32.2. The molecular formula is C36H45N7O2S3. The van der Waals surface area contributed by atoms with E-state index in [4.69, 9.17) is 17.7 Å². The van der Waals surface area contributed by atoms with Crippen molar-refractivity contribution in [1.82, 2.24) is 19.8 Å². The first kappa shape index (κ1) is 35.7. The number of aromatic nitrogens is 2. The van der Waals surface area contributed by atoms with Gasteiger partial charge in [0.2, 0.25) is 5.91 Å². The number of amides is 1.